The Labute approximate surface area is 129 Å². The van der Waals surface area contributed by atoms with Gasteiger partial charge in [0.05, 0.1) is 0 Å². The number of amides is 1. The summed E-state index contributed by atoms with van der Waals surface area (Å²) >= 11 is 0. The third kappa shape index (κ3) is 4.85. The molecule has 5 heteroatoms. The molecule has 1 N–H and O–H groups in total. The number of hydrogen-bond acceptors (Lipinski definition) is 4. The monoisotopic (exact) mass is 297 g/mol. The number of nitrogens with one attached hydrogen (secondary N) is 1. The first kappa shape index (κ1) is 16.6. The Hall–Kier alpha value is -0.810. The summed E-state index contributed by atoms with van der Waals surface area (Å²) in [7, 11) is 1.88. The van der Waals surface area contributed by atoms with Crippen LogP contribution in [0.15, 0.2) is 0 Å². The number of ether oxygens (including phenoxy) is 1. The first-order valence-electron chi connectivity index (χ1n) is 8.27. The molecule has 0 radical (unpaired) electrons. The molecular weight excluding hydrogens is 266 g/mol. The molecule has 122 valence electrons. The number of rotatable bonds is 2. The van der Waals surface area contributed by atoms with Crippen molar-refractivity contribution in [2.24, 2.45) is 0 Å². The molecule has 5 nitrogen and oxygen atoms in total. The molecule has 2 rings (SSSR count). The standard InChI is InChI=1S/C16H31N3O2/c1-16(2,3)21-15(20)18(4)13-5-7-14(8-6-13)19-11-9-17-10-12-19/h13-14,17H,5-12H2,1-4H3/t13-,14-. The highest BCUT2D eigenvalue weighted by Gasteiger charge is 2.31. The summed E-state index contributed by atoms with van der Waals surface area (Å²) in [6, 6.07) is 1.04. The maximum Gasteiger partial charge on any atom is 0.410 e. The number of nitrogens with zero attached hydrogens (tertiary/aromatic N) is 2. The second-order valence-corrected chi connectivity index (χ2v) is 7.34. The van der Waals surface area contributed by atoms with E-state index in [2.05, 4.69) is 10.2 Å². The van der Waals surface area contributed by atoms with Crippen molar-refractivity contribution in [3.8, 4) is 0 Å². The fourth-order valence-corrected chi connectivity index (χ4v) is 3.34. The molecule has 0 bridgehead atoms. The summed E-state index contributed by atoms with van der Waals surface area (Å²) in [5.74, 6) is 0. The smallest absolute Gasteiger partial charge is 0.410 e. The minimum Gasteiger partial charge on any atom is -0.444 e. The van der Waals surface area contributed by atoms with E-state index in [1.165, 1.54) is 12.8 Å². The first-order chi connectivity index (χ1) is 9.87. The normalized spacial score (nSPS) is 28.2. The minimum absolute atomic E-state index is 0.187. The summed E-state index contributed by atoms with van der Waals surface area (Å²) in [6.07, 6.45) is 4.37. The van der Waals surface area contributed by atoms with Crippen LogP contribution in [-0.2, 0) is 4.74 Å². The third-order valence-corrected chi connectivity index (χ3v) is 4.56. The van der Waals surface area contributed by atoms with Gasteiger partial charge in [0, 0.05) is 45.3 Å². The van der Waals surface area contributed by atoms with E-state index in [4.69, 9.17) is 4.74 Å². The highest BCUT2D eigenvalue weighted by molar-refractivity contribution is 5.68. The largest absolute Gasteiger partial charge is 0.444 e. The Morgan fingerprint density at radius 3 is 2.24 bits per heavy atom. The van der Waals surface area contributed by atoms with Crippen LogP contribution in [0.5, 0.6) is 0 Å². The lowest BCUT2D eigenvalue weighted by Gasteiger charge is -2.41. The van der Waals surface area contributed by atoms with E-state index in [1.54, 1.807) is 4.90 Å². The van der Waals surface area contributed by atoms with Crippen LogP contribution in [0.3, 0.4) is 0 Å². The molecule has 0 aromatic carbocycles. The average molecular weight is 297 g/mol. The van der Waals surface area contributed by atoms with E-state index in [9.17, 15) is 4.79 Å². The second-order valence-electron chi connectivity index (χ2n) is 7.34. The SMILES string of the molecule is CN(C(=O)OC(C)(C)C)[C@H]1CC[C@H](N2CCNCC2)CC1. The van der Waals surface area contributed by atoms with Crippen molar-refractivity contribution in [2.45, 2.75) is 64.1 Å². The van der Waals surface area contributed by atoms with Crippen LogP contribution in [-0.4, -0.2) is 66.8 Å². The molecule has 1 saturated heterocycles. The molecule has 0 spiro atoms. The van der Waals surface area contributed by atoms with Gasteiger partial charge in [-0.2, -0.15) is 0 Å². The highest BCUT2D eigenvalue weighted by Crippen LogP contribution is 2.27. The zero-order valence-electron chi connectivity index (χ0n) is 14.0. The van der Waals surface area contributed by atoms with Gasteiger partial charge in [-0.15, -0.1) is 0 Å². The van der Waals surface area contributed by atoms with Gasteiger partial charge in [0.1, 0.15) is 5.60 Å². The fraction of sp³-hybridized carbons (Fsp3) is 0.938. The summed E-state index contributed by atoms with van der Waals surface area (Å²) < 4.78 is 5.46. The van der Waals surface area contributed by atoms with E-state index >= 15 is 0 Å². The van der Waals surface area contributed by atoms with E-state index < -0.39 is 5.60 Å². The molecule has 21 heavy (non-hydrogen) atoms. The van der Waals surface area contributed by atoms with Crippen molar-refractivity contribution in [1.29, 1.82) is 0 Å². The van der Waals surface area contributed by atoms with Gasteiger partial charge < -0.3 is 15.0 Å². The number of carbonyl (C=O) groups is 1. The Balaban J connectivity index is 1.78. The van der Waals surface area contributed by atoms with Crippen LogP contribution in [0.4, 0.5) is 4.79 Å². The summed E-state index contributed by atoms with van der Waals surface area (Å²) in [5, 5.41) is 3.41. The van der Waals surface area contributed by atoms with Crippen molar-refractivity contribution in [2.75, 3.05) is 33.2 Å². The predicted molar refractivity (Wildman–Crippen MR) is 84.5 cm³/mol. The van der Waals surface area contributed by atoms with E-state index in [0.717, 1.165) is 39.0 Å². The predicted octanol–water partition coefficient (Wildman–Crippen LogP) is 2.07. The van der Waals surface area contributed by atoms with Crippen molar-refractivity contribution in [3.05, 3.63) is 0 Å². The second kappa shape index (κ2) is 6.97. The fourth-order valence-electron chi connectivity index (χ4n) is 3.34. The number of hydrogen-bond donors (Lipinski definition) is 1. The van der Waals surface area contributed by atoms with Gasteiger partial charge in [-0.3, -0.25) is 4.90 Å². The van der Waals surface area contributed by atoms with Crippen LogP contribution in [0.1, 0.15) is 46.5 Å². The number of piperazine rings is 1. The van der Waals surface area contributed by atoms with Crippen LogP contribution in [0.2, 0.25) is 0 Å². The Bertz CT molecular complexity index is 340. The third-order valence-electron chi connectivity index (χ3n) is 4.56. The van der Waals surface area contributed by atoms with Gasteiger partial charge in [-0.05, 0) is 46.5 Å². The van der Waals surface area contributed by atoms with Crippen LogP contribution in [0, 0.1) is 0 Å². The van der Waals surface area contributed by atoms with Crippen molar-refractivity contribution in [1.82, 2.24) is 15.1 Å². The van der Waals surface area contributed by atoms with Crippen molar-refractivity contribution < 1.29 is 9.53 Å². The molecule has 1 aliphatic heterocycles. The topological polar surface area (TPSA) is 44.8 Å². The molecule has 0 unspecified atom stereocenters. The molecule has 0 aromatic heterocycles. The lowest BCUT2D eigenvalue weighted by Crippen LogP contribution is -2.51. The molecule has 2 fully saturated rings. The van der Waals surface area contributed by atoms with Crippen LogP contribution in [0.25, 0.3) is 0 Å². The first-order valence-corrected chi connectivity index (χ1v) is 8.27. The van der Waals surface area contributed by atoms with Crippen LogP contribution < -0.4 is 5.32 Å². The quantitative estimate of drug-likeness (QED) is 0.847. The van der Waals surface area contributed by atoms with E-state index in [0.29, 0.717) is 12.1 Å². The summed E-state index contributed by atoms with van der Waals surface area (Å²) in [5.41, 5.74) is -0.413. The van der Waals surface area contributed by atoms with Gasteiger partial charge in [0.15, 0.2) is 0 Å². The maximum atomic E-state index is 12.1. The zero-order valence-corrected chi connectivity index (χ0v) is 14.0. The van der Waals surface area contributed by atoms with E-state index in [-0.39, 0.29) is 6.09 Å². The Morgan fingerprint density at radius 2 is 1.71 bits per heavy atom. The van der Waals surface area contributed by atoms with Gasteiger partial charge in [0.2, 0.25) is 0 Å². The zero-order chi connectivity index (χ0) is 15.5. The molecule has 1 amide bonds. The average Bonchev–Trinajstić information content (AvgIpc) is 2.46. The summed E-state index contributed by atoms with van der Waals surface area (Å²) in [6.45, 7) is 10.3. The minimum atomic E-state index is -0.413. The Morgan fingerprint density at radius 1 is 1.14 bits per heavy atom. The molecule has 1 heterocycles. The highest BCUT2D eigenvalue weighted by atomic mass is 16.6. The molecule has 0 aromatic rings. The molecule has 1 saturated carbocycles. The molecule has 2 aliphatic rings. The number of carbonyl (C=O) groups excluding carboxylic acids is 1. The van der Waals surface area contributed by atoms with Crippen molar-refractivity contribution in [3.63, 3.8) is 0 Å². The van der Waals surface area contributed by atoms with Crippen LogP contribution >= 0.6 is 0 Å². The summed E-state index contributed by atoms with van der Waals surface area (Å²) in [4.78, 5) is 16.5. The van der Waals surface area contributed by atoms with Gasteiger partial charge >= 0.3 is 6.09 Å². The van der Waals surface area contributed by atoms with E-state index in [1.807, 2.05) is 27.8 Å². The van der Waals surface area contributed by atoms with Gasteiger partial charge in [-0.25, -0.2) is 4.79 Å². The van der Waals surface area contributed by atoms with Gasteiger partial charge in [0.25, 0.3) is 0 Å². The maximum absolute atomic E-state index is 12.1. The lowest BCUT2D eigenvalue weighted by molar-refractivity contribution is 0.0146. The van der Waals surface area contributed by atoms with Gasteiger partial charge in [-0.1, -0.05) is 0 Å². The molecule has 1 aliphatic carbocycles. The molecular formula is C16H31N3O2. The lowest BCUT2D eigenvalue weighted by atomic mass is 9.89. The Kier molecular flexibility index (Phi) is 5.49. The molecule has 0 atom stereocenters. The van der Waals surface area contributed by atoms with Crippen molar-refractivity contribution >= 4 is 6.09 Å².